The van der Waals surface area contributed by atoms with E-state index in [0.29, 0.717) is 12.0 Å². The number of rotatable bonds is 5. The van der Waals surface area contributed by atoms with Crippen molar-refractivity contribution in [3.63, 3.8) is 0 Å². The van der Waals surface area contributed by atoms with Crippen LogP contribution in [0.5, 0.6) is 0 Å². The summed E-state index contributed by atoms with van der Waals surface area (Å²) in [7, 11) is 0. The van der Waals surface area contributed by atoms with Crippen LogP contribution in [0.25, 0.3) is 0 Å². The number of thioether (sulfide) groups is 1. The SMILES string of the molecule is CC(C)CCCC(N)C1CSc2ccccc21. The maximum absolute atomic E-state index is 6.37. The predicted octanol–water partition coefficient (Wildman–Crippen LogP) is 4.03. The summed E-state index contributed by atoms with van der Waals surface area (Å²) in [6.07, 6.45) is 3.73. The highest BCUT2D eigenvalue weighted by atomic mass is 32.2. The van der Waals surface area contributed by atoms with Gasteiger partial charge in [-0.05, 0) is 24.0 Å². The lowest BCUT2D eigenvalue weighted by atomic mass is 9.90. The highest BCUT2D eigenvalue weighted by Gasteiger charge is 2.27. The summed E-state index contributed by atoms with van der Waals surface area (Å²) in [5, 5.41) is 0. The van der Waals surface area contributed by atoms with Crippen molar-refractivity contribution < 1.29 is 0 Å². The maximum atomic E-state index is 6.37. The Morgan fingerprint density at radius 1 is 1.29 bits per heavy atom. The molecule has 0 bridgehead atoms. The van der Waals surface area contributed by atoms with Crippen molar-refractivity contribution in [1.29, 1.82) is 0 Å². The summed E-state index contributed by atoms with van der Waals surface area (Å²) in [4.78, 5) is 1.44. The minimum atomic E-state index is 0.338. The first-order chi connectivity index (χ1) is 8.18. The predicted molar refractivity (Wildman–Crippen MR) is 76.6 cm³/mol. The molecular formula is C15H23NS. The molecule has 0 aliphatic carbocycles. The third kappa shape index (κ3) is 3.26. The Morgan fingerprint density at radius 3 is 2.82 bits per heavy atom. The average molecular weight is 249 g/mol. The van der Waals surface area contributed by atoms with Gasteiger partial charge in [0, 0.05) is 22.6 Å². The zero-order valence-electron chi connectivity index (χ0n) is 10.9. The van der Waals surface area contributed by atoms with Crippen molar-refractivity contribution in [2.75, 3.05) is 5.75 Å². The molecule has 2 N–H and O–H groups in total. The van der Waals surface area contributed by atoms with Crippen LogP contribution in [0.3, 0.4) is 0 Å². The van der Waals surface area contributed by atoms with Gasteiger partial charge < -0.3 is 5.73 Å². The molecule has 0 saturated heterocycles. The molecule has 1 aliphatic heterocycles. The number of hydrogen-bond donors (Lipinski definition) is 1. The molecular weight excluding hydrogens is 226 g/mol. The van der Waals surface area contributed by atoms with Crippen LogP contribution < -0.4 is 5.73 Å². The average Bonchev–Trinajstić information content (AvgIpc) is 2.72. The van der Waals surface area contributed by atoms with Crippen molar-refractivity contribution >= 4 is 11.8 Å². The van der Waals surface area contributed by atoms with Gasteiger partial charge in [-0.25, -0.2) is 0 Å². The van der Waals surface area contributed by atoms with E-state index in [9.17, 15) is 0 Å². The van der Waals surface area contributed by atoms with Crippen LogP contribution in [-0.2, 0) is 0 Å². The fourth-order valence-electron chi connectivity index (χ4n) is 2.50. The van der Waals surface area contributed by atoms with E-state index >= 15 is 0 Å². The lowest BCUT2D eigenvalue weighted by molar-refractivity contribution is 0.467. The number of hydrogen-bond acceptors (Lipinski definition) is 2. The van der Waals surface area contributed by atoms with Gasteiger partial charge in [0.1, 0.15) is 0 Å². The zero-order chi connectivity index (χ0) is 12.3. The van der Waals surface area contributed by atoms with Crippen LogP contribution >= 0.6 is 11.8 Å². The van der Waals surface area contributed by atoms with Gasteiger partial charge in [-0.2, -0.15) is 0 Å². The Morgan fingerprint density at radius 2 is 2.06 bits per heavy atom. The summed E-state index contributed by atoms with van der Waals surface area (Å²) in [5.41, 5.74) is 7.85. The summed E-state index contributed by atoms with van der Waals surface area (Å²) < 4.78 is 0. The van der Waals surface area contributed by atoms with Gasteiger partial charge in [0.05, 0.1) is 0 Å². The van der Waals surface area contributed by atoms with E-state index in [-0.39, 0.29) is 0 Å². The largest absolute Gasteiger partial charge is 0.327 e. The first-order valence-corrected chi connectivity index (χ1v) is 7.64. The standard InChI is InChI=1S/C15H23NS/c1-11(2)6-5-8-14(16)13-10-17-15-9-4-3-7-12(13)15/h3-4,7,9,11,13-14H,5-6,8,10,16H2,1-2H3. The van der Waals surface area contributed by atoms with Gasteiger partial charge in [0.2, 0.25) is 0 Å². The van der Waals surface area contributed by atoms with E-state index in [1.54, 1.807) is 0 Å². The second kappa shape index (κ2) is 5.92. The molecule has 1 heterocycles. The first-order valence-electron chi connectivity index (χ1n) is 6.65. The van der Waals surface area contributed by atoms with Gasteiger partial charge in [0.25, 0.3) is 0 Å². The van der Waals surface area contributed by atoms with Crippen LogP contribution in [0.1, 0.15) is 44.6 Å². The van der Waals surface area contributed by atoms with E-state index in [1.165, 1.54) is 29.1 Å². The molecule has 1 nitrogen and oxygen atoms in total. The Bertz CT molecular complexity index is 362. The van der Waals surface area contributed by atoms with Crippen LogP contribution in [0.2, 0.25) is 0 Å². The Hall–Kier alpha value is -0.470. The zero-order valence-corrected chi connectivity index (χ0v) is 11.7. The Kier molecular flexibility index (Phi) is 4.52. The minimum absolute atomic E-state index is 0.338. The van der Waals surface area contributed by atoms with Gasteiger partial charge >= 0.3 is 0 Å². The van der Waals surface area contributed by atoms with Crippen molar-refractivity contribution in [3.8, 4) is 0 Å². The van der Waals surface area contributed by atoms with Crippen molar-refractivity contribution in [3.05, 3.63) is 29.8 Å². The van der Waals surface area contributed by atoms with Gasteiger partial charge in [-0.3, -0.25) is 0 Å². The lowest BCUT2D eigenvalue weighted by Gasteiger charge is -2.20. The Labute approximate surface area is 109 Å². The number of benzene rings is 1. The van der Waals surface area contributed by atoms with E-state index < -0.39 is 0 Å². The third-order valence-corrected chi connectivity index (χ3v) is 4.78. The van der Waals surface area contributed by atoms with Crippen LogP contribution in [0.15, 0.2) is 29.2 Å². The summed E-state index contributed by atoms with van der Waals surface area (Å²) in [5.74, 6) is 2.54. The molecule has 1 aromatic rings. The molecule has 2 atom stereocenters. The van der Waals surface area contributed by atoms with E-state index in [2.05, 4.69) is 38.1 Å². The smallest absolute Gasteiger partial charge is 0.0116 e. The molecule has 0 radical (unpaired) electrons. The molecule has 1 aromatic carbocycles. The second-order valence-corrected chi connectivity index (χ2v) is 6.51. The summed E-state index contributed by atoms with van der Waals surface area (Å²) >= 11 is 1.96. The van der Waals surface area contributed by atoms with E-state index in [4.69, 9.17) is 5.73 Å². The fraction of sp³-hybridized carbons (Fsp3) is 0.600. The summed E-state index contributed by atoms with van der Waals surface area (Å²) in [6.45, 7) is 4.57. The molecule has 0 fully saturated rings. The fourth-order valence-corrected chi connectivity index (χ4v) is 3.85. The molecule has 94 valence electrons. The van der Waals surface area contributed by atoms with Crippen molar-refractivity contribution in [2.24, 2.45) is 11.7 Å². The highest BCUT2D eigenvalue weighted by Crippen LogP contribution is 2.41. The molecule has 1 aliphatic rings. The van der Waals surface area contributed by atoms with Crippen molar-refractivity contribution in [2.45, 2.75) is 50.0 Å². The molecule has 0 amide bonds. The first kappa shape index (κ1) is 13.0. The van der Waals surface area contributed by atoms with Gasteiger partial charge in [-0.1, -0.05) is 44.9 Å². The summed E-state index contributed by atoms with van der Waals surface area (Å²) in [6, 6.07) is 9.07. The molecule has 0 spiro atoms. The molecule has 17 heavy (non-hydrogen) atoms. The monoisotopic (exact) mass is 249 g/mol. The number of fused-ring (bicyclic) bond motifs is 1. The molecule has 0 saturated carbocycles. The van der Waals surface area contributed by atoms with Crippen LogP contribution in [0.4, 0.5) is 0 Å². The maximum Gasteiger partial charge on any atom is 0.0116 e. The lowest BCUT2D eigenvalue weighted by Crippen LogP contribution is -2.28. The quantitative estimate of drug-likeness (QED) is 0.852. The highest BCUT2D eigenvalue weighted by molar-refractivity contribution is 7.99. The molecule has 0 aromatic heterocycles. The number of nitrogens with two attached hydrogens (primary N) is 1. The van der Waals surface area contributed by atoms with E-state index in [0.717, 1.165) is 12.3 Å². The molecule has 2 rings (SSSR count). The van der Waals surface area contributed by atoms with Crippen LogP contribution in [0, 0.1) is 5.92 Å². The van der Waals surface area contributed by atoms with E-state index in [1.807, 2.05) is 11.8 Å². The topological polar surface area (TPSA) is 26.0 Å². The van der Waals surface area contributed by atoms with Gasteiger partial charge in [0.15, 0.2) is 0 Å². The van der Waals surface area contributed by atoms with Crippen molar-refractivity contribution in [1.82, 2.24) is 0 Å². The third-order valence-electron chi connectivity index (χ3n) is 3.57. The van der Waals surface area contributed by atoms with Crippen LogP contribution in [-0.4, -0.2) is 11.8 Å². The Balaban J connectivity index is 1.91. The second-order valence-electron chi connectivity index (χ2n) is 5.44. The normalized spacial score (nSPS) is 20.6. The molecule has 2 heteroatoms. The van der Waals surface area contributed by atoms with Gasteiger partial charge in [-0.15, -0.1) is 11.8 Å². The molecule has 2 unspecified atom stereocenters. The minimum Gasteiger partial charge on any atom is -0.327 e.